The molecule has 0 aliphatic carbocycles. The number of nitrogens with zero attached hydrogens (tertiary/aromatic N) is 1. The third-order valence-electron chi connectivity index (χ3n) is 3.51. The van der Waals surface area contributed by atoms with E-state index in [1.807, 2.05) is 23.6 Å². The van der Waals surface area contributed by atoms with E-state index in [-0.39, 0.29) is 0 Å². The summed E-state index contributed by atoms with van der Waals surface area (Å²) in [6.07, 6.45) is 1.79. The number of thiazole rings is 1. The van der Waals surface area contributed by atoms with Crippen molar-refractivity contribution < 1.29 is 9.47 Å². The van der Waals surface area contributed by atoms with Gasteiger partial charge in [-0.2, -0.15) is 0 Å². The first-order valence-electron chi connectivity index (χ1n) is 7.66. The molecule has 0 fully saturated rings. The number of nitrogens with one attached hydrogen (secondary N) is 2. The van der Waals surface area contributed by atoms with Crippen LogP contribution < -0.4 is 19.5 Å². The molecule has 0 saturated carbocycles. The van der Waals surface area contributed by atoms with Crippen LogP contribution in [0.3, 0.4) is 0 Å². The summed E-state index contributed by atoms with van der Waals surface area (Å²) < 4.78 is 14.0. The molecule has 0 spiro atoms. The second-order valence-corrected chi connectivity index (χ2v) is 6.85. The Morgan fingerprint density at radius 3 is 2.60 bits per heavy atom. The summed E-state index contributed by atoms with van der Waals surface area (Å²) in [5.74, 6) is 1.50. The van der Waals surface area contributed by atoms with Gasteiger partial charge in [0.1, 0.15) is 0 Å². The van der Waals surface area contributed by atoms with E-state index in [9.17, 15) is 0 Å². The zero-order chi connectivity index (χ0) is 17.5. The fourth-order valence-corrected chi connectivity index (χ4v) is 3.53. The van der Waals surface area contributed by atoms with Crippen LogP contribution in [0.1, 0.15) is 5.56 Å². The van der Waals surface area contributed by atoms with Crippen LogP contribution in [0.25, 0.3) is 0 Å². The molecule has 0 unspecified atom stereocenters. The fraction of sp³-hybridized carbons (Fsp3) is 0.167. The van der Waals surface area contributed by atoms with E-state index in [2.05, 4.69) is 39.3 Å². The third-order valence-corrected chi connectivity index (χ3v) is 5.13. The molecular formula is C18H19N3O2S2. The van der Waals surface area contributed by atoms with Gasteiger partial charge < -0.3 is 19.5 Å². The average molecular weight is 374 g/mol. The Balaban J connectivity index is 1.58. The largest absolute Gasteiger partial charge is 0.493 e. The van der Waals surface area contributed by atoms with Gasteiger partial charge in [0.05, 0.1) is 14.2 Å². The van der Waals surface area contributed by atoms with E-state index in [1.54, 1.807) is 43.7 Å². The summed E-state index contributed by atoms with van der Waals surface area (Å²) in [6.45, 7) is 0.657. The van der Waals surface area contributed by atoms with E-state index in [1.165, 1.54) is 0 Å². The normalized spacial score (nSPS) is 10.3. The zero-order valence-electron chi connectivity index (χ0n) is 14.0. The van der Waals surface area contributed by atoms with Crippen molar-refractivity contribution in [2.24, 2.45) is 0 Å². The van der Waals surface area contributed by atoms with Gasteiger partial charge in [0.25, 0.3) is 0 Å². The number of ether oxygens (including phenoxy) is 2. The van der Waals surface area contributed by atoms with Crippen molar-refractivity contribution in [1.29, 1.82) is 0 Å². The topological polar surface area (TPSA) is 55.4 Å². The number of benzene rings is 2. The minimum atomic E-state index is 0.657. The number of methoxy groups -OCH3 is 2. The van der Waals surface area contributed by atoms with Gasteiger partial charge in [-0.05, 0) is 42.3 Å². The van der Waals surface area contributed by atoms with Crippen LogP contribution in [0, 0.1) is 0 Å². The summed E-state index contributed by atoms with van der Waals surface area (Å²) in [6, 6.07) is 14.1. The monoisotopic (exact) mass is 373 g/mol. The number of aromatic nitrogens is 1. The van der Waals surface area contributed by atoms with Crippen LogP contribution in [0.2, 0.25) is 0 Å². The van der Waals surface area contributed by atoms with Gasteiger partial charge in [0, 0.05) is 34.3 Å². The van der Waals surface area contributed by atoms with Crippen LogP contribution in [0.4, 0.5) is 10.8 Å². The van der Waals surface area contributed by atoms with Gasteiger partial charge >= 0.3 is 0 Å². The molecule has 0 amide bonds. The lowest BCUT2D eigenvalue weighted by molar-refractivity contribution is 0.352. The van der Waals surface area contributed by atoms with Crippen molar-refractivity contribution in [3.8, 4) is 11.5 Å². The maximum atomic E-state index is 5.46. The molecule has 3 rings (SSSR count). The second-order valence-electron chi connectivity index (χ2n) is 5.07. The van der Waals surface area contributed by atoms with Crippen molar-refractivity contribution in [3.63, 3.8) is 0 Å². The van der Waals surface area contributed by atoms with Gasteiger partial charge in [-0.1, -0.05) is 12.1 Å². The molecular weight excluding hydrogens is 354 g/mol. The van der Waals surface area contributed by atoms with Crippen LogP contribution in [-0.2, 0) is 6.54 Å². The van der Waals surface area contributed by atoms with Gasteiger partial charge in [-0.15, -0.1) is 11.3 Å². The lowest BCUT2D eigenvalue weighted by Crippen LogP contribution is -2.03. The lowest BCUT2D eigenvalue weighted by atomic mass is 10.1. The van der Waals surface area contributed by atoms with Crippen molar-refractivity contribution in [2.75, 3.05) is 24.3 Å². The number of hydrogen-bond acceptors (Lipinski definition) is 7. The molecule has 0 aliphatic rings. The first-order valence-corrected chi connectivity index (χ1v) is 9.36. The van der Waals surface area contributed by atoms with Crippen LogP contribution >= 0.6 is 23.3 Å². The van der Waals surface area contributed by atoms with Crippen LogP contribution in [0.15, 0.2) is 58.9 Å². The van der Waals surface area contributed by atoms with Crippen molar-refractivity contribution in [3.05, 3.63) is 59.6 Å². The SMILES string of the molecule is COc1cccc(CNc2ccc(SNc3nccs3)cc2)c1OC. The molecule has 0 bridgehead atoms. The molecule has 1 aromatic heterocycles. The smallest absolute Gasteiger partial charge is 0.192 e. The molecule has 2 aromatic carbocycles. The Morgan fingerprint density at radius 2 is 1.92 bits per heavy atom. The highest BCUT2D eigenvalue weighted by atomic mass is 32.2. The molecule has 7 heteroatoms. The van der Waals surface area contributed by atoms with Gasteiger partial charge in [0.15, 0.2) is 16.6 Å². The molecule has 3 aromatic rings. The summed E-state index contributed by atoms with van der Waals surface area (Å²) in [7, 11) is 3.30. The first-order chi connectivity index (χ1) is 12.3. The minimum absolute atomic E-state index is 0.657. The van der Waals surface area contributed by atoms with E-state index in [0.29, 0.717) is 6.54 Å². The van der Waals surface area contributed by atoms with E-state index in [0.717, 1.165) is 32.8 Å². The highest BCUT2D eigenvalue weighted by Crippen LogP contribution is 2.31. The molecule has 5 nitrogen and oxygen atoms in total. The molecule has 0 atom stereocenters. The molecule has 130 valence electrons. The Hall–Kier alpha value is -2.38. The van der Waals surface area contributed by atoms with Crippen molar-refractivity contribution >= 4 is 34.1 Å². The quantitative estimate of drug-likeness (QED) is 0.548. The van der Waals surface area contributed by atoms with Crippen molar-refractivity contribution in [2.45, 2.75) is 11.4 Å². The third kappa shape index (κ3) is 4.58. The fourth-order valence-electron chi connectivity index (χ4n) is 2.31. The Bertz CT molecular complexity index is 793. The summed E-state index contributed by atoms with van der Waals surface area (Å²) >= 11 is 3.13. The highest BCUT2D eigenvalue weighted by Gasteiger charge is 2.09. The van der Waals surface area contributed by atoms with Crippen LogP contribution in [0.5, 0.6) is 11.5 Å². The molecule has 25 heavy (non-hydrogen) atoms. The van der Waals surface area contributed by atoms with Gasteiger partial charge in [0.2, 0.25) is 0 Å². The summed E-state index contributed by atoms with van der Waals surface area (Å²) in [5, 5.41) is 6.26. The minimum Gasteiger partial charge on any atom is -0.493 e. The van der Waals surface area contributed by atoms with E-state index in [4.69, 9.17) is 9.47 Å². The van der Waals surface area contributed by atoms with Crippen LogP contribution in [-0.4, -0.2) is 19.2 Å². The van der Waals surface area contributed by atoms with Crippen molar-refractivity contribution in [1.82, 2.24) is 4.98 Å². The van der Waals surface area contributed by atoms with E-state index >= 15 is 0 Å². The second kappa shape index (κ2) is 8.64. The lowest BCUT2D eigenvalue weighted by Gasteiger charge is -2.14. The Labute approximate surface area is 155 Å². The summed E-state index contributed by atoms with van der Waals surface area (Å²) in [5.41, 5.74) is 2.09. The molecule has 2 N–H and O–H groups in total. The zero-order valence-corrected chi connectivity index (χ0v) is 15.6. The first kappa shape index (κ1) is 17.4. The maximum Gasteiger partial charge on any atom is 0.192 e. The average Bonchev–Trinajstić information content (AvgIpc) is 3.18. The number of anilines is 2. The van der Waals surface area contributed by atoms with E-state index < -0.39 is 0 Å². The molecule has 1 heterocycles. The summed E-state index contributed by atoms with van der Waals surface area (Å²) in [4.78, 5) is 5.32. The number of hydrogen-bond donors (Lipinski definition) is 2. The Morgan fingerprint density at radius 1 is 1.08 bits per heavy atom. The predicted octanol–water partition coefficient (Wildman–Crippen LogP) is 4.89. The molecule has 0 aliphatic heterocycles. The maximum absolute atomic E-state index is 5.46. The number of rotatable bonds is 8. The Kier molecular flexibility index (Phi) is 6.03. The predicted molar refractivity (Wildman–Crippen MR) is 105 cm³/mol. The molecule has 0 radical (unpaired) electrons. The standard InChI is InChI=1S/C18H19N3O2S2/c1-22-16-5-3-4-13(17(16)23-2)12-20-14-6-8-15(9-7-14)25-21-18-19-10-11-24-18/h3-11,20H,12H2,1-2H3,(H,19,21). The number of para-hydroxylation sites is 1. The van der Waals surface area contributed by atoms with Gasteiger partial charge in [-0.3, -0.25) is 0 Å². The highest BCUT2D eigenvalue weighted by molar-refractivity contribution is 8.00. The van der Waals surface area contributed by atoms with Gasteiger partial charge in [-0.25, -0.2) is 4.98 Å². The molecule has 0 saturated heterocycles.